The molecule has 0 bridgehead atoms. The van der Waals surface area contributed by atoms with Gasteiger partial charge in [-0.3, -0.25) is 0 Å². The number of H-pyrrole nitrogens is 1. The predicted molar refractivity (Wildman–Crippen MR) is 94.1 cm³/mol. The van der Waals surface area contributed by atoms with Gasteiger partial charge < -0.3 is 15.0 Å². The van der Waals surface area contributed by atoms with Gasteiger partial charge >= 0.3 is 0 Å². The summed E-state index contributed by atoms with van der Waals surface area (Å²) in [7, 11) is 0. The van der Waals surface area contributed by atoms with E-state index in [1.165, 1.54) is 5.56 Å². The molecule has 3 rings (SSSR count). The molecule has 2 aromatic heterocycles. The van der Waals surface area contributed by atoms with Gasteiger partial charge in [0.25, 0.3) is 0 Å². The molecule has 0 aliphatic rings. The number of aromatic nitrogens is 4. The molecule has 122 valence electrons. The van der Waals surface area contributed by atoms with Crippen LogP contribution < -0.4 is 0 Å². The highest BCUT2D eigenvalue weighted by Gasteiger charge is 2.18. The van der Waals surface area contributed by atoms with E-state index in [1.54, 1.807) is 0 Å². The molecular formula is C15H22Cl2N4O. The van der Waals surface area contributed by atoms with Gasteiger partial charge in [-0.15, -0.1) is 24.8 Å². The minimum absolute atomic E-state index is 0. The summed E-state index contributed by atoms with van der Waals surface area (Å²) in [5.41, 5.74) is 3.40. The lowest BCUT2D eigenvalue weighted by molar-refractivity contribution is 0.437. The molecule has 0 fully saturated rings. The number of imidazole rings is 2. The lowest BCUT2D eigenvalue weighted by Crippen LogP contribution is -2.15. The van der Waals surface area contributed by atoms with E-state index in [0.29, 0.717) is 12.0 Å². The van der Waals surface area contributed by atoms with Gasteiger partial charge in [-0.2, -0.15) is 0 Å². The number of nitrogens with zero attached hydrogens (tertiary/aromatic N) is 3. The Bertz CT molecular complexity index is 695. The maximum atomic E-state index is 4.45. The first-order valence-electron chi connectivity index (χ1n) is 6.59. The van der Waals surface area contributed by atoms with Crippen molar-refractivity contribution >= 4 is 35.8 Å². The fraction of sp³-hybridized carbons (Fsp3) is 0.333. The molecule has 5 nitrogen and oxygen atoms in total. The van der Waals surface area contributed by atoms with Crippen LogP contribution >= 0.6 is 24.8 Å². The maximum Gasteiger partial charge on any atom is 0.104 e. The Kier molecular flexibility index (Phi) is 7.59. The average Bonchev–Trinajstić information content (AvgIpc) is 2.96. The molecule has 7 heteroatoms. The molecule has 0 aliphatic carbocycles. The van der Waals surface area contributed by atoms with Crippen LogP contribution in [0.3, 0.4) is 0 Å². The monoisotopic (exact) mass is 344 g/mol. The Balaban J connectivity index is 0.00000147. The van der Waals surface area contributed by atoms with E-state index in [0.717, 1.165) is 16.9 Å². The number of hydrogen-bond acceptors (Lipinski definition) is 2. The number of nitrogens with one attached hydrogen (secondary N) is 1. The fourth-order valence-electron chi connectivity index (χ4n) is 2.67. The SMILES string of the molecule is Cc1nc2ccc(C(C(C)C)n3ccnc3)cc2[nH]1.Cl.Cl.O. The van der Waals surface area contributed by atoms with Gasteiger partial charge in [0.2, 0.25) is 0 Å². The molecular weight excluding hydrogens is 323 g/mol. The van der Waals surface area contributed by atoms with Gasteiger partial charge in [-0.1, -0.05) is 19.9 Å². The van der Waals surface area contributed by atoms with Crippen molar-refractivity contribution in [2.45, 2.75) is 26.8 Å². The minimum Gasteiger partial charge on any atom is -0.412 e. The number of benzene rings is 1. The van der Waals surface area contributed by atoms with Crippen molar-refractivity contribution in [3.63, 3.8) is 0 Å². The summed E-state index contributed by atoms with van der Waals surface area (Å²) >= 11 is 0. The average molecular weight is 345 g/mol. The third-order valence-corrected chi connectivity index (χ3v) is 3.44. The first kappa shape index (κ1) is 20.4. The molecule has 0 saturated heterocycles. The van der Waals surface area contributed by atoms with Crippen LogP contribution in [0.15, 0.2) is 36.9 Å². The van der Waals surface area contributed by atoms with Crippen LogP contribution in [0.4, 0.5) is 0 Å². The van der Waals surface area contributed by atoms with Crippen LogP contribution in [0.5, 0.6) is 0 Å². The van der Waals surface area contributed by atoms with E-state index in [4.69, 9.17) is 0 Å². The van der Waals surface area contributed by atoms with E-state index in [1.807, 2.05) is 25.6 Å². The van der Waals surface area contributed by atoms with Crippen molar-refractivity contribution in [3.8, 4) is 0 Å². The van der Waals surface area contributed by atoms with Crippen LogP contribution in [-0.2, 0) is 0 Å². The molecule has 0 radical (unpaired) electrons. The molecule has 1 aromatic carbocycles. The zero-order valence-corrected chi connectivity index (χ0v) is 14.4. The Hall–Kier alpha value is -1.56. The van der Waals surface area contributed by atoms with Crippen LogP contribution in [0, 0.1) is 12.8 Å². The van der Waals surface area contributed by atoms with Crippen molar-refractivity contribution in [3.05, 3.63) is 48.3 Å². The smallest absolute Gasteiger partial charge is 0.104 e. The maximum absolute atomic E-state index is 4.45. The van der Waals surface area contributed by atoms with Crippen LogP contribution in [0.1, 0.15) is 31.3 Å². The van der Waals surface area contributed by atoms with Crippen molar-refractivity contribution in [2.24, 2.45) is 5.92 Å². The normalized spacial score (nSPS) is 11.5. The van der Waals surface area contributed by atoms with Crippen LogP contribution in [0.25, 0.3) is 11.0 Å². The van der Waals surface area contributed by atoms with Crippen LogP contribution in [0.2, 0.25) is 0 Å². The quantitative estimate of drug-likeness (QED) is 0.790. The molecule has 1 atom stereocenters. The Morgan fingerprint density at radius 2 is 1.91 bits per heavy atom. The summed E-state index contributed by atoms with van der Waals surface area (Å²) in [5, 5.41) is 0. The van der Waals surface area contributed by atoms with Gasteiger partial charge in [0.1, 0.15) is 5.82 Å². The summed E-state index contributed by atoms with van der Waals surface area (Å²) in [5.74, 6) is 1.45. The second-order valence-corrected chi connectivity index (χ2v) is 5.30. The first-order chi connectivity index (χ1) is 9.15. The zero-order chi connectivity index (χ0) is 13.4. The third kappa shape index (κ3) is 3.80. The summed E-state index contributed by atoms with van der Waals surface area (Å²) in [4.78, 5) is 11.9. The molecule has 1 unspecified atom stereocenters. The summed E-state index contributed by atoms with van der Waals surface area (Å²) in [6.07, 6.45) is 5.73. The molecule has 0 saturated carbocycles. The number of rotatable bonds is 3. The molecule has 0 aliphatic heterocycles. The second kappa shape index (κ2) is 8.17. The standard InChI is InChI=1S/C15H18N4.2ClH.H2O/c1-10(2)15(19-7-6-16-9-19)12-4-5-13-14(8-12)18-11(3)17-13;;;/h4-10,15H,1-3H3,(H,17,18);2*1H;1H2. The number of aryl methyl sites for hydroxylation is 1. The Labute approximate surface area is 142 Å². The fourth-order valence-corrected chi connectivity index (χ4v) is 2.67. The topological polar surface area (TPSA) is 78.0 Å². The van der Waals surface area contributed by atoms with Crippen LogP contribution in [-0.4, -0.2) is 25.0 Å². The van der Waals surface area contributed by atoms with Crippen molar-refractivity contribution in [1.82, 2.24) is 19.5 Å². The van der Waals surface area contributed by atoms with E-state index in [2.05, 4.69) is 51.6 Å². The highest BCUT2D eigenvalue weighted by molar-refractivity contribution is 5.85. The number of halogens is 2. The zero-order valence-electron chi connectivity index (χ0n) is 12.8. The van der Waals surface area contributed by atoms with Gasteiger partial charge in [0.15, 0.2) is 0 Å². The van der Waals surface area contributed by atoms with Gasteiger partial charge in [0.05, 0.1) is 23.4 Å². The molecule has 3 aromatic rings. The van der Waals surface area contributed by atoms with E-state index < -0.39 is 0 Å². The van der Waals surface area contributed by atoms with Crippen molar-refractivity contribution < 1.29 is 5.48 Å². The lowest BCUT2D eigenvalue weighted by Gasteiger charge is -2.22. The highest BCUT2D eigenvalue weighted by atomic mass is 35.5. The molecule has 0 amide bonds. The molecule has 3 N–H and O–H groups in total. The third-order valence-electron chi connectivity index (χ3n) is 3.44. The Morgan fingerprint density at radius 3 is 2.50 bits per heavy atom. The second-order valence-electron chi connectivity index (χ2n) is 5.30. The van der Waals surface area contributed by atoms with Crippen molar-refractivity contribution in [1.29, 1.82) is 0 Å². The highest BCUT2D eigenvalue weighted by Crippen LogP contribution is 2.28. The largest absolute Gasteiger partial charge is 0.412 e. The van der Waals surface area contributed by atoms with Gasteiger partial charge in [-0.25, -0.2) is 9.97 Å². The summed E-state index contributed by atoms with van der Waals surface area (Å²) in [6, 6.07) is 6.74. The first-order valence-corrected chi connectivity index (χ1v) is 6.59. The van der Waals surface area contributed by atoms with E-state index >= 15 is 0 Å². The number of aromatic amines is 1. The van der Waals surface area contributed by atoms with E-state index in [-0.39, 0.29) is 30.3 Å². The summed E-state index contributed by atoms with van der Waals surface area (Å²) in [6.45, 7) is 6.44. The van der Waals surface area contributed by atoms with Gasteiger partial charge in [0, 0.05) is 12.4 Å². The number of fused-ring (bicyclic) bond motifs is 1. The predicted octanol–water partition coefficient (Wildman–Crippen LogP) is 3.33. The number of hydrogen-bond donors (Lipinski definition) is 1. The summed E-state index contributed by atoms with van der Waals surface area (Å²) < 4.78 is 2.16. The molecule has 2 heterocycles. The molecule has 22 heavy (non-hydrogen) atoms. The van der Waals surface area contributed by atoms with Crippen molar-refractivity contribution in [2.75, 3.05) is 0 Å². The Morgan fingerprint density at radius 1 is 1.18 bits per heavy atom. The minimum atomic E-state index is 0. The van der Waals surface area contributed by atoms with Gasteiger partial charge in [-0.05, 0) is 30.5 Å². The lowest BCUT2D eigenvalue weighted by atomic mass is 9.95. The van der Waals surface area contributed by atoms with E-state index in [9.17, 15) is 0 Å². The molecule has 0 spiro atoms.